The number of nitrogens with zero attached hydrogens (tertiary/aromatic N) is 1. The normalized spacial score (nSPS) is 12.2. The van der Waals surface area contributed by atoms with Crippen LogP contribution in [0.4, 0.5) is 0 Å². The molecule has 0 amide bonds. The van der Waals surface area contributed by atoms with E-state index in [0.29, 0.717) is 38.7 Å². The molecule has 0 bridgehead atoms. The van der Waals surface area contributed by atoms with E-state index in [9.17, 15) is 9.59 Å². The summed E-state index contributed by atoms with van der Waals surface area (Å²) in [5.41, 5.74) is 3.21. The number of rotatable bonds is 7. The van der Waals surface area contributed by atoms with Gasteiger partial charge in [0.15, 0.2) is 18.1 Å². The zero-order chi connectivity index (χ0) is 25.6. The number of thiophene rings is 1. The highest BCUT2D eigenvalue weighted by Crippen LogP contribution is 2.43. The molecule has 0 spiro atoms. The largest absolute Gasteiger partial charge is 0.495 e. The average molecular weight is 546 g/mol. The Hall–Kier alpha value is -3.20. The average Bonchev–Trinajstić information content (AvgIpc) is 3.55. The fraction of sp³-hybridized carbons (Fsp3) is 0.231. The summed E-state index contributed by atoms with van der Waals surface area (Å²) >= 11 is 13.9. The van der Waals surface area contributed by atoms with Crippen LogP contribution < -0.4 is 14.2 Å². The molecule has 0 fully saturated rings. The monoisotopic (exact) mass is 545 g/mol. The molecule has 0 aliphatic carbocycles. The van der Waals surface area contributed by atoms with Crippen molar-refractivity contribution in [2.45, 2.75) is 20.4 Å². The van der Waals surface area contributed by atoms with Gasteiger partial charge < -0.3 is 23.5 Å². The number of methoxy groups -OCH3 is 1. The van der Waals surface area contributed by atoms with Crippen LogP contribution in [0, 0.1) is 13.8 Å². The molecule has 2 aromatic heterocycles. The maximum atomic E-state index is 13.0. The highest BCUT2D eigenvalue weighted by atomic mass is 35.5. The number of Topliss-reactive ketones (excluding diaryl/α,β-unsaturated/α-hetero) is 1. The van der Waals surface area contributed by atoms with E-state index in [1.54, 1.807) is 18.2 Å². The third-order valence-electron chi connectivity index (χ3n) is 6.09. The first-order chi connectivity index (χ1) is 17.3. The second-order valence-electron chi connectivity index (χ2n) is 8.26. The van der Waals surface area contributed by atoms with Crippen molar-refractivity contribution in [1.29, 1.82) is 0 Å². The fourth-order valence-electron chi connectivity index (χ4n) is 4.19. The van der Waals surface area contributed by atoms with E-state index in [4.69, 9.17) is 42.1 Å². The molecule has 0 unspecified atom stereocenters. The SMILES string of the molecule is COc1ccc2c(Cl)c(C(=O)OCC(=O)c3cc(C)n(Cc4ccc5c(c4)OCO5)c3C)sc2c1Cl. The number of fused-ring (bicyclic) bond motifs is 2. The van der Waals surface area contributed by atoms with Crippen LogP contribution in [-0.4, -0.2) is 36.8 Å². The Morgan fingerprint density at radius 1 is 1.06 bits per heavy atom. The predicted molar refractivity (Wildman–Crippen MR) is 139 cm³/mol. The summed E-state index contributed by atoms with van der Waals surface area (Å²) in [5, 5.41) is 1.23. The summed E-state index contributed by atoms with van der Waals surface area (Å²) < 4.78 is 24.1. The summed E-state index contributed by atoms with van der Waals surface area (Å²) in [7, 11) is 1.51. The third-order valence-corrected chi connectivity index (χ3v) is 8.29. The Kier molecular flexibility index (Phi) is 6.59. The van der Waals surface area contributed by atoms with E-state index in [1.165, 1.54) is 7.11 Å². The first-order valence-electron chi connectivity index (χ1n) is 11.0. The van der Waals surface area contributed by atoms with Gasteiger partial charge in [-0.2, -0.15) is 0 Å². The lowest BCUT2D eigenvalue weighted by atomic mass is 10.1. The molecule has 0 saturated heterocycles. The van der Waals surface area contributed by atoms with Crippen molar-refractivity contribution in [2.75, 3.05) is 20.5 Å². The van der Waals surface area contributed by atoms with Crippen LogP contribution in [0.2, 0.25) is 10.0 Å². The number of ketones is 1. The smallest absolute Gasteiger partial charge is 0.350 e. The maximum Gasteiger partial charge on any atom is 0.350 e. The number of benzene rings is 2. The molecule has 4 aromatic rings. The van der Waals surface area contributed by atoms with Gasteiger partial charge in [-0.05, 0) is 49.7 Å². The number of ether oxygens (including phenoxy) is 4. The lowest BCUT2D eigenvalue weighted by Gasteiger charge is -2.11. The molecule has 1 aliphatic heterocycles. The lowest BCUT2D eigenvalue weighted by Crippen LogP contribution is -2.15. The predicted octanol–water partition coefficient (Wildman–Crippen LogP) is 6.45. The van der Waals surface area contributed by atoms with Crippen molar-refractivity contribution in [2.24, 2.45) is 0 Å². The van der Waals surface area contributed by atoms with E-state index in [2.05, 4.69) is 0 Å². The molecule has 186 valence electrons. The van der Waals surface area contributed by atoms with Crippen molar-refractivity contribution < 1.29 is 28.5 Å². The topological polar surface area (TPSA) is 76.0 Å². The number of esters is 1. The van der Waals surface area contributed by atoms with Gasteiger partial charge in [0.2, 0.25) is 12.6 Å². The number of aryl methyl sites for hydroxylation is 1. The van der Waals surface area contributed by atoms with Crippen molar-refractivity contribution in [3.8, 4) is 17.2 Å². The number of carbonyl (C=O) groups is 2. The van der Waals surface area contributed by atoms with Crippen LogP contribution in [0.1, 0.15) is 37.0 Å². The third kappa shape index (κ3) is 4.30. The Morgan fingerprint density at radius 2 is 1.83 bits per heavy atom. The Bertz CT molecular complexity index is 1520. The molecule has 36 heavy (non-hydrogen) atoms. The summed E-state index contributed by atoms with van der Waals surface area (Å²) in [6.45, 7) is 4.16. The van der Waals surface area contributed by atoms with E-state index in [-0.39, 0.29) is 22.5 Å². The highest BCUT2D eigenvalue weighted by molar-refractivity contribution is 7.22. The van der Waals surface area contributed by atoms with Crippen LogP contribution in [0.3, 0.4) is 0 Å². The molecule has 2 aromatic carbocycles. The Balaban J connectivity index is 1.31. The highest BCUT2D eigenvalue weighted by Gasteiger charge is 2.24. The van der Waals surface area contributed by atoms with E-state index < -0.39 is 12.6 Å². The van der Waals surface area contributed by atoms with Crippen LogP contribution in [0.5, 0.6) is 17.2 Å². The van der Waals surface area contributed by atoms with Crippen LogP contribution in [0.15, 0.2) is 36.4 Å². The van der Waals surface area contributed by atoms with Crippen LogP contribution in [-0.2, 0) is 11.3 Å². The first kappa shape index (κ1) is 24.5. The van der Waals surface area contributed by atoms with Crippen LogP contribution in [0.25, 0.3) is 10.1 Å². The van der Waals surface area contributed by atoms with Gasteiger partial charge >= 0.3 is 5.97 Å². The number of halogens is 2. The number of aromatic nitrogens is 1. The maximum absolute atomic E-state index is 13.0. The number of hydrogen-bond donors (Lipinski definition) is 0. The number of hydrogen-bond acceptors (Lipinski definition) is 7. The minimum atomic E-state index is -0.682. The van der Waals surface area contributed by atoms with Crippen molar-refractivity contribution >= 4 is 56.4 Å². The molecule has 0 radical (unpaired) electrons. The summed E-state index contributed by atoms with van der Waals surface area (Å²) in [4.78, 5) is 25.9. The van der Waals surface area contributed by atoms with Crippen LogP contribution >= 0.6 is 34.5 Å². The van der Waals surface area contributed by atoms with E-state index >= 15 is 0 Å². The minimum absolute atomic E-state index is 0.183. The Morgan fingerprint density at radius 3 is 2.61 bits per heavy atom. The van der Waals surface area contributed by atoms with E-state index in [1.807, 2.05) is 36.6 Å². The molecule has 1 aliphatic rings. The molecule has 7 nitrogen and oxygen atoms in total. The summed E-state index contributed by atoms with van der Waals surface area (Å²) in [6, 6.07) is 11.0. The van der Waals surface area contributed by atoms with E-state index in [0.717, 1.165) is 34.0 Å². The second kappa shape index (κ2) is 9.69. The molecule has 10 heteroatoms. The molecule has 0 N–H and O–H groups in total. The molecule has 0 atom stereocenters. The quantitative estimate of drug-likeness (QED) is 0.196. The fourth-order valence-corrected chi connectivity index (χ4v) is 5.97. The first-order valence-corrected chi connectivity index (χ1v) is 12.6. The van der Waals surface area contributed by atoms with Gasteiger partial charge in [0, 0.05) is 28.9 Å². The lowest BCUT2D eigenvalue weighted by molar-refractivity contribution is 0.0479. The Labute approximate surface area is 221 Å². The minimum Gasteiger partial charge on any atom is -0.495 e. The number of carbonyl (C=O) groups excluding carboxylic acids is 2. The van der Waals surface area contributed by atoms with Gasteiger partial charge in [0.05, 0.1) is 16.8 Å². The summed E-state index contributed by atoms with van der Waals surface area (Å²) in [6.07, 6.45) is 0. The van der Waals surface area contributed by atoms with Gasteiger partial charge in [0.1, 0.15) is 15.6 Å². The zero-order valence-electron chi connectivity index (χ0n) is 19.6. The van der Waals surface area contributed by atoms with Gasteiger partial charge in [-0.1, -0.05) is 29.3 Å². The van der Waals surface area contributed by atoms with Crippen molar-refractivity contribution in [1.82, 2.24) is 4.57 Å². The molecular formula is C26H21Cl2NO6S. The second-order valence-corrected chi connectivity index (χ2v) is 10.0. The molecule has 3 heterocycles. The molecule has 0 saturated carbocycles. The van der Waals surface area contributed by atoms with Crippen molar-refractivity contribution in [3.05, 3.63) is 73.8 Å². The standard InChI is InChI=1S/C26H21Cl2NO6S/c1-13-8-17(14(2)29(13)10-15-4-6-19-21(9-15)35-12-34-19)18(30)11-33-26(31)25-22(27)16-5-7-20(32-3)23(28)24(16)36-25/h4-9H,10-12H2,1-3H3. The van der Waals surface area contributed by atoms with Gasteiger partial charge in [0.25, 0.3) is 0 Å². The zero-order valence-corrected chi connectivity index (χ0v) is 22.0. The molecule has 5 rings (SSSR count). The summed E-state index contributed by atoms with van der Waals surface area (Å²) in [5.74, 6) is 0.924. The van der Waals surface area contributed by atoms with Gasteiger partial charge in [-0.3, -0.25) is 4.79 Å². The van der Waals surface area contributed by atoms with Gasteiger partial charge in [-0.25, -0.2) is 4.79 Å². The molecular weight excluding hydrogens is 525 g/mol. The van der Waals surface area contributed by atoms with Crippen molar-refractivity contribution in [3.63, 3.8) is 0 Å². The van der Waals surface area contributed by atoms with Gasteiger partial charge in [-0.15, -0.1) is 11.3 Å².